The molecule has 0 amide bonds. The van der Waals surface area contributed by atoms with E-state index in [0.717, 1.165) is 6.54 Å². The van der Waals surface area contributed by atoms with E-state index in [0.29, 0.717) is 0 Å². The van der Waals surface area contributed by atoms with Gasteiger partial charge in [0.2, 0.25) is 0 Å². The average molecular weight is 133 g/mol. The van der Waals surface area contributed by atoms with Crippen molar-refractivity contribution in [3.63, 3.8) is 0 Å². The molecule has 0 heterocycles. The standard InChI is InChI=1S/C4H11N.2C2H6/c1-2-3-4-5;2*1-2/h2-5H2,1H3;2*1-2H3. The molecule has 60 valence electrons. The summed E-state index contributed by atoms with van der Waals surface area (Å²) in [6.07, 6.45) is 2.39. The van der Waals surface area contributed by atoms with E-state index in [-0.39, 0.29) is 0 Å². The number of hydrogen-bond acceptors (Lipinski definition) is 1. The predicted octanol–water partition coefficient (Wildman–Crippen LogP) is 2.80. The van der Waals surface area contributed by atoms with Crippen LogP contribution in [0, 0.1) is 0 Å². The van der Waals surface area contributed by atoms with E-state index in [1.54, 1.807) is 0 Å². The quantitative estimate of drug-likeness (QED) is 0.616. The van der Waals surface area contributed by atoms with Gasteiger partial charge in [0.25, 0.3) is 0 Å². The zero-order chi connectivity index (χ0) is 8.12. The lowest BCUT2D eigenvalue weighted by molar-refractivity contribution is 0.807. The molecule has 0 rings (SSSR count). The van der Waals surface area contributed by atoms with Crippen LogP contribution in [0.4, 0.5) is 0 Å². The molecule has 0 aromatic carbocycles. The second-order valence-corrected chi connectivity index (χ2v) is 1.14. The minimum absolute atomic E-state index is 0.844. The van der Waals surface area contributed by atoms with Crippen LogP contribution in [0.1, 0.15) is 47.5 Å². The predicted molar refractivity (Wildman–Crippen MR) is 46.7 cm³/mol. The van der Waals surface area contributed by atoms with Crippen LogP contribution in [0.15, 0.2) is 0 Å². The molecule has 0 spiro atoms. The van der Waals surface area contributed by atoms with Crippen molar-refractivity contribution >= 4 is 0 Å². The molecule has 1 heteroatoms. The highest BCUT2D eigenvalue weighted by Gasteiger charge is 1.67. The van der Waals surface area contributed by atoms with Gasteiger partial charge >= 0.3 is 0 Å². The second kappa shape index (κ2) is 44.0. The monoisotopic (exact) mass is 133 g/mol. The fourth-order valence-electron chi connectivity index (χ4n) is 0.204. The summed E-state index contributed by atoms with van der Waals surface area (Å²) in [6.45, 7) is 11.0. The van der Waals surface area contributed by atoms with Gasteiger partial charge < -0.3 is 5.73 Å². The van der Waals surface area contributed by atoms with E-state index in [4.69, 9.17) is 5.73 Å². The van der Waals surface area contributed by atoms with Crippen LogP contribution >= 0.6 is 0 Å². The summed E-state index contributed by atoms with van der Waals surface area (Å²) < 4.78 is 0. The molecule has 0 saturated carbocycles. The summed E-state index contributed by atoms with van der Waals surface area (Å²) >= 11 is 0. The van der Waals surface area contributed by atoms with Gasteiger partial charge in [-0.25, -0.2) is 0 Å². The molecule has 0 radical (unpaired) electrons. The molecule has 0 aliphatic carbocycles. The van der Waals surface area contributed by atoms with Gasteiger partial charge in [-0.15, -0.1) is 0 Å². The molecule has 0 aliphatic rings. The third-order valence-corrected chi connectivity index (χ3v) is 0.558. The molecule has 0 aromatic heterocycles. The maximum absolute atomic E-state index is 5.14. The zero-order valence-corrected chi connectivity index (χ0v) is 7.70. The number of unbranched alkanes of at least 4 members (excludes halogenated alkanes) is 1. The van der Waals surface area contributed by atoms with Crippen LogP contribution < -0.4 is 5.73 Å². The largest absolute Gasteiger partial charge is 0.330 e. The highest BCUT2D eigenvalue weighted by molar-refractivity contribution is 4.29. The Balaban J connectivity index is -0.0000000771. The molecular formula is C8H23N. The minimum Gasteiger partial charge on any atom is -0.330 e. The molecule has 0 unspecified atom stereocenters. The van der Waals surface area contributed by atoms with E-state index in [1.165, 1.54) is 12.8 Å². The van der Waals surface area contributed by atoms with Crippen LogP contribution in [-0.2, 0) is 0 Å². The van der Waals surface area contributed by atoms with Gasteiger partial charge in [-0.05, 0) is 13.0 Å². The summed E-state index contributed by atoms with van der Waals surface area (Å²) in [6, 6.07) is 0. The van der Waals surface area contributed by atoms with Crippen molar-refractivity contribution in [1.82, 2.24) is 0 Å². The van der Waals surface area contributed by atoms with E-state index in [2.05, 4.69) is 6.92 Å². The summed E-state index contributed by atoms with van der Waals surface area (Å²) in [5.41, 5.74) is 5.14. The molecule has 0 atom stereocenters. The van der Waals surface area contributed by atoms with Crippen molar-refractivity contribution in [2.45, 2.75) is 47.5 Å². The molecule has 0 fully saturated rings. The van der Waals surface area contributed by atoms with Gasteiger partial charge in [-0.2, -0.15) is 0 Å². The molecule has 0 bridgehead atoms. The molecular weight excluding hydrogens is 110 g/mol. The SMILES string of the molecule is CC.CC.CCCCN. The van der Waals surface area contributed by atoms with Gasteiger partial charge in [0, 0.05) is 0 Å². The fourth-order valence-corrected chi connectivity index (χ4v) is 0.204. The third-order valence-electron chi connectivity index (χ3n) is 0.558. The smallest absolute Gasteiger partial charge is 0.00774 e. The first-order valence-electron chi connectivity index (χ1n) is 4.12. The number of rotatable bonds is 2. The molecule has 2 N–H and O–H groups in total. The Bertz CT molecular complexity index is 12.0. The van der Waals surface area contributed by atoms with Crippen molar-refractivity contribution in [3.8, 4) is 0 Å². The summed E-state index contributed by atoms with van der Waals surface area (Å²) in [7, 11) is 0. The van der Waals surface area contributed by atoms with Crippen LogP contribution in [-0.4, -0.2) is 6.54 Å². The minimum atomic E-state index is 0.844. The molecule has 0 aliphatic heterocycles. The van der Waals surface area contributed by atoms with E-state index >= 15 is 0 Å². The zero-order valence-electron chi connectivity index (χ0n) is 7.70. The maximum Gasteiger partial charge on any atom is -0.00774 e. The third kappa shape index (κ3) is 73.6. The maximum atomic E-state index is 5.14. The molecule has 9 heavy (non-hydrogen) atoms. The first-order valence-corrected chi connectivity index (χ1v) is 4.12. The Hall–Kier alpha value is -0.0400. The van der Waals surface area contributed by atoms with Gasteiger partial charge in [-0.3, -0.25) is 0 Å². The van der Waals surface area contributed by atoms with Crippen LogP contribution in [0.3, 0.4) is 0 Å². The Kier molecular flexibility index (Phi) is 78.2. The Morgan fingerprint density at radius 2 is 1.33 bits per heavy atom. The first-order chi connectivity index (χ1) is 4.41. The Labute approximate surface area is 60.6 Å². The lowest BCUT2D eigenvalue weighted by Crippen LogP contribution is -1.95. The van der Waals surface area contributed by atoms with Gasteiger partial charge in [0.05, 0.1) is 0 Å². The van der Waals surface area contributed by atoms with E-state index < -0.39 is 0 Å². The number of nitrogens with two attached hydrogens (primary N) is 1. The molecule has 0 saturated heterocycles. The van der Waals surface area contributed by atoms with Gasteiger partial charge in [0.1, 0.15) is 0 Å². The lowest BCUT2D eigenvalue weighted by Gasteiger charge is -1.80. The van der Waals surface area contributed by atoms with Crippen molar-refractivity contribution in [2.75, 3.05) is 6.54 Å². The Morgan fingerprint density at radius 1 is 1.00 bits per heavy atom. The summed E-state index contributed by atoms with van der Waals surface area (Å²) in [5.74, 6) is 0. The van der Waals surface area contributed by atoms with Gasteiger partial charge in [-0.1, -0.05) is 41.0 Å². The van der Waals surface area contributed by atoms with Crippen LogP contribution in [0.25, 0.3) is 0 Å². The second-order valence-electron chi connectivity index (χ2n) is 1.14. The summed E-state index contributed by atoms with van der Waals surface area (Å²) in [5, 5.41) is 0. The normalized spacial score (nSPS) is 6.00. The average Bonchev–Trinajstić information content (AvgIpc) is 1.98. The highest BCUT2D eigenvalue weighted by Crippen LogP contribution is 1.77. The van der Waals surface area contributed by atoms with Crippen molar-refractivity contribution in [3.05, 3.63) is 0 Å². The lowest BCUT2D eigenvalue weighted by atomic mass is 10.3. The van der Waals surface area contributed by atoms with Crippen LogP contribution in [0.2, 0.25) is 0 Å². The highest BCUT2D eigenvalue weighted by atomic mass is 14.5. The van der Waals surface area contributed by atoms with E-state index in [1.807, 2.05) is 27.7 Å². The molecule has 0 aromatic rings. The molecule has 1 nitrogen and oxygen atoms in total. The van der Waals surface area contributed by atoms with Crippen molar-refractivity contribution in [1.29, 1.82) is 0 Å². The summed E-state index contributed by atoms with van der Waals surface area (Å²) in [4.78, 5) is 0. The van der Waals surface area contributed by atoms with Gasteiger partial charge in [0.15, 0.2) is 0 Å². The van der Waals surface area contributed by atoms with Crippen molar-refractivity contribution < 1.29 is 0 Å². The van der Waals surface area contributed by atoms with E-state index in [9.17, 15) is 0 Å². The Morgan fingerprint density at radius 3 is 1.33 bits per heavy atom. The fraction of sp³-hybridized carbons (Fsp3) is 1.00. The van der Waals surface area contributed by atoms with Crippen molar-refractivity contribution in [2.24, 2.45) is 5.73 Å². The topological polar surface area (TPSA) is 26.0 Å². The number of hydrogen-bond donors (Lipinski definition) is 1. The van der Waals surface area contributed by atoms with Crippen LogP contribution in [0.5, 0.6) is 0 Å². The first kappa shape index (κ1) is 16.0.